The van der Waals surface area contributed by atoms with Crippen LogP contribution in [0.25, 0.3) is 10.1 Å². The average Bonchev–Trinajstić information content (AvgIpc) is 2.66. The SMILES string of the molecule is Cc1cc2sc(C(=O)NC(C)C(N)=O)c(N)c2c(C)n1. The van der Waals surface area contributed by atoms with Gasteiger partial charge in [-0.1, -0.05) is 0 Å². The quantitative estimate of drug-likeness (QED) is 0.786. The number of pyridine rings is 1. The van der Waals surface area contributed by atoms with Crippen molar-refractivity contribution >= 4 is 38.9 Å². The van der Waals surface area contributed by atoms with Crippen LogP contribution in [-0.4, -0.2) is 22.8 Å². The Morgan fingerprint density at radius 2 is 2.05 bits per heavy atom. The summed E-state index contributed by atoms with van der Waals surface area (Å²) in [5, 5.41) is 3.32. The molecule has 20 heavy (non-hydrogen) atoms. The highest BCUT2D eigenvalue weighted by Gasteiger charge is 2.21. The van der Waals surface area contributed by atoms with Crippen molar-refractivity contribution in [3.05, 3.63) is 22.3 Å². The Kier molecular flexibility index (Phi) is 3.63. The van der Waals surface area contributed by atoms with Crippen LogP contribution in [0.15, 0.2) is 6.07 Å². The number of fused-ring (bicyclic) bond motifs is 1. The Balaban J connectivity index is 2.45. The fraction of sp³-hybridized carbons (Fsp3) is 0.308. The van der Waals surface area contributed by atoms with Crippen LogP contribution in [0.2, 0.25) is 0 Å². The number of aromatic nitrogens is 1. The zero-order chi connectivity index (χ0) is 15.0. The van der Waals surface area contributed by atoms with Gasteiger partial charge in [0.2, 0.25) is 5.91 Å². The third kappa shape index (κ3) is 2.44. The molecule has 1 atom stereocenters. The van der Waals surface area contributed by atoms with Gasteiger partial charge < -0.3 is 16.8 Å². The van der Waals surface area contributed by atoms with Crippen LogP contribution in [0, 0.1) is 13.8 Å². The molecule has 0 fully saturated rings. The smallest absolute Gasteiger partial charge is 0.264 e. The second-order valence-corrected chi connectivity index (χ2v) is 5.72. The number of carbonyl (C=O) groups excluding carboxylic acids is 2. The van der Waals surface area contributed by atoms with Gasteiger partial charge in [0.1, 0.15) is 10.9 Å². The molecule has 0 aliphatic heterocycles. The molecule has 0 radical (unpaired) electrons. The van der Waals surface area contributed by atoms with Crippen LogP contribution in [-0.2, 0) is 4.79 Å². The maximum atomic E-state index is 12.1. The second kappa shape index (κ2) is 5.09. The van der Waals surface area contributed by atoms with Crippen LogP contribution in [0.5, 0.6) is 0 Å². The molecular weight excluding hydrogens is 276 g/mol. The molecule has 5 N–H and O–H groups in total. The topological polar surface area (TPSA) is 111 Å². The van der Waals surface area contributed by atoms with Gasteiger partial charge in [0.05, 0.1) is 5.69 Å². The summed E-state index contributed by atoms with van der Waals surface area (Å²) in [6.07, 6.45) is 0. The van der Waals surface area contributed by atoms with Gasteiger partial charge >= 0.3 is 0 Å². The third-order valence-electron chi connectivity index (χ3n) is 3.00. The molecule has 2 rings (SSSR count). The minimum Gasteiger partial charge on any atom is -0.397 e. The monoisotopic (exact) mass is 292 g/mol. The number of carbonyl (C=O) groups is 2. The number of hydrogen-bond donors (Lipinski definition) is 3. The first-order valence-electron chi connectivity index (χ1n) is 6.07. The van der Waals surface area contributed by atoms with E-state index < -0.39 is 17.9 Å². The van der Waals surface area contributed by atoms with E-state index in [4.69, 9.17) is 11.5 Å². The predicted octanol–water partition coefficient (Wildman–Crippen LogP) is 1.10. The minimum atomic E-state index is -0.743. The minimum absolute atomic E-state index is 0.378. The molecule has 0 aliphatic rings. The molecule has 0 spiro atoms. The van der Waals surface area contributed by atoms with Crippen LogP contribution in [0.3, 0.4) is 0 Å². The summed E-state index contributed by atoms with van der Waals surface area (Å²) in [5.41, 5.74) is 13.2. The molecule has 6 nitrogen and oxygen atoms in total. The van der Waals surface area contributed by atoms with Crippen molar-refractivity contribution in [3.63, 3.8) is 0 Å². The highest BCUT2D eigenvalue weighted by Crippen LogP contribution is 2.35. The number of nitrogens with two attached hydrogens (primary N) is 2. The standard InChI is InChI=1S/C13H16N4O2S/c1-5-4-8-9(6(2)16-5)10(14)11(20-8)13(19)17-7(3)12(15)18/h4,7H,14H2,1-3H3,(H2,15,18)(H,17,19). The van der Waals surface area contributed by atoms with Crippen molar-refractivity contribution in [1.29, 1.82) is 0 Å². The van der Waals surface area contributed by atoms with Crippen LogP contribution in [0.1, 0.15) is 28.0 Å². The van der Waals surface area contributed by atoms with E-state index in [0.717, 1.165) is 21.5 Å². The number of nitrogens with zero attached hydrogens (tertiary/aromatic N) is 1. The average molecular weight is 292 g/mol. The normalized spacial score (nSPS) is 12.3. The van der Waals surface area contributed by atoms with E-state index in [2.05, 4.69) is 10.3 Å². The fourth-order valence-corrected chi connectivity index (χ4v) is 3.15. The summed E-state index contributed by atoms with van der Waals surface area (Å²) >= 11 is 1.28. The molecule has 2 heterocycles. The molecule has 2 aromatic heterocycles. The van der Waals surface area contributed by atoms with Crippen molar-refractivity contribution in [2.24, 2.45) is 5.73 Å². The van der Waals surface area contributed by atoms with E-state index in [0.29, 0.717) is 10.6 Å². The first-order chi connectivity index (χ1) is 9.31. The largest absolute Gasteiger partial charge is 0.397 e. The lowest BCUT2D eigenvalue weighted by atomic mass is 10.2. The fourth-order valence-electron chi connectivity index (χ4n) is 1.98. The summed E-state index contributed by atoms with van der Waals surface area (Å²) in [6.45, 7) is 5.27. The summed E-state index contributed by atoms with van der Waals surface area (Å²) < 4.78 is 0.907. The predicted molar refractivity (Wildman–Crippen MR) is 79.6 cm³/mol. The summed E-state index contributed by atoms with van der Waals surface area (Å²) in [5.74, 6) is -0.987. The number of nitrogen functional groups attached to an aromatic ring is 1. The van der Waals surface area contributed by atoms with Crippen molar-refractivity contribution in [2.75, 3.05) is 5.73 Å². The van der Waals surface area contributed by atoms with E-state index in [1.165, 1.54) is 18.3 Å². The first kappa shape index (κ1) is 14.3. The Morgan fingerprint density at radius 1 is 1.40 bits per heavy atom. The highest BCUT2D eigenvalue weighted by molar-refractivity contribution is 7.21. The maximum Gasteiger partial charge on any atom is 0.264 e. The second-order valence-electron chi connectivity index (χ2n) is 4.66. The molecule has 0 bridgehead atoms. The van der Waals surface area contributed by atoms with Gasteiger partial charge in [0, 0.05) is 21.5 Å². The maximum absolute atomic E-state index is 12.1. The molecule has 106 valence electrons. The Labute approximate surface area is 120 Å². The molecular formula is C13H16N4O2S. The number of nitrogens with one attached hydrogen (secondary N) is 1. The number of thiophene rings is 1. The van der Waals surface area contributed by atoms with Gasteiger partial charge in [-0.3, -0.25) is 14.6 Å². The zero-order valence-electron chi connectivity index (χ0n) is 11.5. The van der Waals surface area contributed by atoms with Gasteiger partial charge in [0.15, 0.2) is 0 Å². The van der Waals surface area contributed by atoms with E-state index >= 15 is 0 Å². The van der Waals surface area contributed by atoms with E-state index in [9.17, 15) is 9.59 Å². The van der Waals surface area contributed by atoms with Crippen molar-refractivity contribution in [1.82, 2.24) is 10.3 Å². The molecule has 0 saturated carbocycles. The van der Waals surface area contributed by atoms with Crippen LogP contribution >= 0.6 is 11.3 Å². The van der Waals surface area contributed by atoms with Crippen molar-refractivity contribution in [3.8, 4) is 0 Å². The molecule has 7 heteroatoms. The molecule has 0 aliphatic carbocycles. The van der Waals surface area contributed by atoms with Crippen LogP contribution in [0.4, 0.5) is 5.69 Å². The lowest BCUT2D eigenvalue weighted by Gasteiger charge is -2.09. The lowest BCUT2D eigenvalue weighted by molar-refractivity contribution is -0.119. The van der Waals surface area contributed by atoms with Gasteiger partial charge in [-0.05, 0) is 26.8 Å². The Bertz CT molecular complexity index is 708. The van der Waals surface area contributed by atoms with Gasteiger partial charge in [-0.25, -0.2) is 0 Å². The first-order valence-corrected chi connectivity index (χ1v) is 6.89. The van der Waals surface area contributed by atoms with Crippen molar-refractivity contribution in [2.45, 2.75) is 26.8 Å². The molecule has 2 amide bonds. The highest BCUT2D eigenvalue weighted by atomic mass is 32.1. The lowest BCUT2D eigenvalue weighted by Crippen LogP contribution is -2.42. The van der Waals surface area contributed by atoms with E-state index in [-0.39, 0.29) is 0 Å². The Morgan fingerprint density at radius 3 is 2.65 bits per heavy atom. The Hall–Kier alpha value is -2.15. The number of aryl methyl sites for hydroxylation is 2. The van der Waals surface area contributed by atoms with Crippen LogP contribution < -0.4 is 16.8 Å². The van der Waals surface area contributed by atoms with Gasteiger partial charge in [-0.2, -0.15) is 0 Å². The van der Waals surface area contributed by atoms with Crippen molar-refractivity contribution < 1.29 is 9.59 Å². The molecule has 0 saturated heterocycles. The number of rotatable bonds is 3. The number of primary amides is 1. The third-order valence-corrected chi connectivity index (χ3v) is 4.15. The summed E-state index contributed by atoms with van der Waals surface area (Å²) in [6, 6.07) is 1.14. The summed E-state index contributed by atoms with van der Waals surface area (Å²) in [4.78, 5) is 27.9. The molecule has 1 unspecified atom stereocenters. The van der Waals surface area contributed by atoms with E-state index in [1.807, 2.05) is 19.9 Å². The zero-order valence-corrected chi connectivity index (χ0v) is 12.3. The van der Waals surface area contributed by atoms with Gasteiger partial charge in [0.25, 0.3) is 5.91 Å². The summed E-state index contributed by atoms with van der Waals surface area (Å²) in [7, 11) is 0. The number of anilines is 1. The molecule has 2 aromatic rings. The van der Waals surface area contributed by atoms with Gasteiger partial charge in [-0.15, -0.1) is 11.3 Å². The number of hydrogen-bond acceptors (Lipinski definition) is 5. The molecule has 0 aromatic carbocycles. The van der Waals surface area contributed by atoms with E-state index in [1.54, 1.807) is 0 Å². The number of amides is 2.